The SMILES string of the molecule is COc1cccc([C@@H]2C[C@@H]2[C@@H](C)N)c1OC. The summed E-state index contributed by atoms with van der Waals surface area (Å²) in [7, 11) is 3.35. The molecule has 1 aromatic rings. The minimum absolute atomic E-state index is 0.251. The number of hydrogen-bond acceptors (Lipinski definition) is 3. The number of methoxy groups -OCH3 is 2. The number of para-hydroxylation sites is 1. The lowest BCUT2D eigenvalue weighted by Gasteiger charge is -2.13. The number of nitrogens with two attached hydrogens (primary N) is 1. The minimum atomic E-state index is 0.251. The molecule has 1 saturated carbocycles. The molecule has 0 radical (unpaired) electrons. The largest absolute Gasteiger partial charge is 0.493 e. The minimum Gasteiger partial charge on any atom is -0.493 e. The average molecular weight is 221 g/mol. The Bertz CT molecular complexity index is 376. The van der Waals surface area contributed by atoms with E-state index >= 15 is 0 Å². The van der Waals surface area contributed by atoms with Crippen LogP contribution in [0.3, 0.4) is 0 Å². The molecule has 3 atom stereocenters. The summed E-state index contributed by atoms with van der Waals surface area (Å²) < 4.78 is 10.7. The zero-order chi connectivity index (χ0) is 11.7. The summed E-state index contributed by atoms with van der Waals surface area (Å²) in [5.41, 5.74) is 7.14. The summed E-state index contributed by atoms with van der Waals surface area (Å²) in [4.78, 5) is 0. The molecule has 1 aliphatic carbocycles. The lowest BCUT2D eigenvalue weighted by atomic mass is 10.0. The third-order valence-corrected chi connectivity index (χ3v) is 3.35. The molecule has 3 heteroatoms. The molecular formula is C13H19NO2. The van der Waals surface area contributed by atoms with Crippen molar-refractivity contribution in [1.29, 1.82) is 0 Å². The van der Waals surface area contributed by atoms with Gasteiger partial charge in [-0.1, -0.05) is 12.1 Å². The van der Waals surface area contributed by atoms with Gasteiger partial charge in [0, 0.05) is 11.6 Å². The van der Waals surface area contributed by atoms with Crippen molar-refractivity contribution in [2.24, 2.45) is 11.7 Å². The van der Waals surface area contributed by atoms with Gasteiger partial charge in [0.05, 0.1) is 14.2 Å². The summed E-state index contributed by atoms with van der Waals surface area (Å²) in [6.07, 6.45) is 1.15. The normalized spacial score (nSPS) is 25.0. The average Bonchev–Trinajstić information content (AvgIpc) is 3.07. The van der Waals surface area contributed by atoms with Crippen molar-refractivity contribution < 1.29 is 9.47 Å². The van der Waals surface area contributed by atoms with Crippen LogP contribution >= 0.6 is 0 Å². The maximum absolute atomic E-state index is 5.92. The Morgan fingerprint density at radius 1 is 1.31 bits per heavy atom. The van der Waals surface area contributed by atoms with Crippen LogP contribution in [-0.2, 0) is 0 Å². The predicted octanol–water partition coefficient (Wildman–Crippen LogP) is 2.15. The first-order valence-corrected chi connectivity index (χ1v) is 5.65. The molecule has 2 N–H and O–H groups in total. The second-order valence-electron chi connectivity index (χ2n) is 4.45. The van der Waals surface area contributed by atoms with E-state index in [0.29, 0.717) is 11.8 Å². The molecule has 0 aliphatic heterocycles. The van der Waals surface area contributed by atoms with Crippen molar-refractivity contribution in [2.75, 3.05) is 14.2 Å². The molecule has 0 aromatic heterocycles. The molecule has 2 rings (SSSR count). The van der Waals surface area contributed by atoms with E-state index in [9.17, 15) is 0 Å². The van der Waals surface area contributed by atoms with Gasteiger partial charge in [-0.05, 0) is 31.2 Å². The molecule has 1 fully saturated rings. The van der Waals surface area contributed by atoms with Crippen molar-refractivity contribution in [3.63, 3.8) is 0 Å². The van der Waals surface area contributed by atoms with Gasteiger partial charge in [0.2, 0.25) is 0 Å². The van der Waals surface area contributed by atoms with Crippen LogP contribution in [0, 0.1) is 5.92 Å². The smallest absolute Gasteiger partial charge is 0.164 e. The lowest BCUT2D eigenvalue weighted by Crippen LogP contribution is -2.18. The van der Waals surface area contributed by atoms with E-state index < -0.39 is 0 Å². The first-order valence-electron chi connectivity index (χ1n) is 5.65. The van der Waals surface area contributed by atoms with Crippen LogP contribution < -0.4 is 15.2 Å². The maximum atomic E-state index is 5.92. The summed E-state index contributed by atoms with van der Waals surface area (Å²) in [6.45, 7) is 2.07. The van der Waals surface area contributed by atoms with Crippen molar-refractivity contribution in [3.8, 4) is 11.5 Å². The van der Waals surface area contributed by atoms with Gasteiger partial charge in [-0.25, -0.2) is 0 Å². The maximum Gasteiger partial charge on any atom is 0.164 e. The van der Waals surface area contributed by atoms with Gasteiger partial charge in [0.1, 0.15) is 0 Å². The second-order valence-corrected chi connectivity index (χ2v) is 4.45. The van der Waals surface area contributed by atoms with Gasteiger partial charge in [-0.15, -0.1) is 0 Å². The van der Waals surface area contributed by atoms with Crippen LogP contribution in [0.15, 0.2) is 18.2 Å². The summed E-state index contributed by atoms with van der Waals surface area (Å²) >= 11 is 0. The number of ether oxygens (including phenoxy) is 2. The van der Waals surface area contributed by atoms with Crippen LogP contribution in [0.25, 0.3) is 0 Å². The van der Waals surface area contributed by atoms with Crippen LogP contribution in [0.1, 0.15) is 24.8 Å². The molecule has 0 heterocycles. The van der Waals surface area contributed by atoms with Gasteiger partial charge >= 0.3 is 0 Å². The first kappa shape index (κ1) is 11.3. The van der Waals surface area contributed by atoms with E-state index in [-0.39, 0.29) is 6.04 Å². The highest BCUT2D eigenvalue weighted by atomic mass is 16.5. The molecule has 0 amide bonds. The van der Waals surface area contributed by atoms with Crippen molar-refractivity contribution in [2.45, 2.75) is 25.3 Å². The number of rotatable bonds is 4. The summed E-state index contributed by atoms with van der Waals surface area (Å²) in [5, 5.41) is 0. The Morgan fingerprint density at radius 3 is 2.56 bits per heavy atom. The fourth-order valence-electron chi connectivity index (χ4n) is 2.36. The monoisotopic (exact) mass is 221 g/mol. The number of hydrogen-bond donors (Lipinski definition) is 1. The highest BCUT2D eigenvalue weighted by Crippen LogP contribution is 2.53. The van der Waals surface area contributed by atoms with Crippen LogP contribution in [-0.4, -0.2) is 20.3 Å². The molecule has 1 aromatic carbocycles. The Morgan fingerprint density at radius 2 is 2.06 bits per heavy atom. The molecule has 3 nitrogen and oxygen atoms in total. The fourth-order valence-corrected chi connectivity index (χ4v) is 2.36. The van der Waals surface area contributed by atoms with E-state index in [1.165, 1.54) is 5.56 Å². The van der Waals surface area contributed by atoms with Crippen molar-refractivity contribution >= 4 is 0 Å². The summed E-state index contributed by atoms with van der Waals surface area (Å²) in [5.74, 6) is 2.78. The van der Waals surface area contributed by atoms with E-state index in [0.717, 1.165) is 17.9 Å². The highest BCUT2D eigenvalue weighted by molar-refractivity contribution is 5.50. The van der Waals surface area contributed by atoms with Crippen molar-refractivity contribution in [3.05, 3.63) is 23.8 Å². The van der Waals surface area contributed by atoms with Gasteiger partial charge < -0.3 is 15.2 Å². The Balaban J connectivity index is 2.28. The zero-order valence-electron chi connectivity index (χ0n) is 10.1. The van der Waals surface area contributed by atoms with Crippen LogP contribution in [0.2, 0.25) is 0 Å². The third kappa shape index (κ3) is 1.87. The first-order chi connectivity index (χ1) is 7.69. The Hall–Kier alpha value is -1.22. The van der Waals surface area contributed by atoms with E-state index in [4.69, 9.17) is 15.2 Å². The number of benzene rings is 1. The van der Waals surface area contributed by atoms with Crippen molar-refractivity contribution in [1.82, 2.24) is 0 Å². The Kier molecular flexibility index (Phi) is 3.06. The molecule has 0 spiro atoms. The Labute approximate surface area is 96.5 Å². The second kappa shape index (κ2) is 4.34. The topological polar surface area (TPSA) is 44.5 Å². The molecule has 0 saturated heterocycles. The molecule has 0 unspecified atom stereocenters. The lowest BCUT2D eigenvalue weighted by molar-refractivity contribution is 0.351. The van der Waals surface area contributed by atoms with E-state index in [1.807, 2.05) is 12.1 Å². The quantitative estimate of drug-likeness (QED) is 0.847. The third-order valence-electron chi connectivity index (χ3n) is 3.35. The standard InChI is InChI=1S/C13H19NO2/c1-8(14)10-7-11(10)9-5-4-6-12(15-2)13(9)16-3/h4-6,8,10-11H,7,14H2,1-3H3/t8-,10-,11+/m1/s1. The van der Waals surface area contributed by atoms with Crippen LogP contribution in [0.5, 0.6) is 11.5 Å². The molecular weight excluding hydrogens is 202 g/mol. The van der Waals surface area contributed by atoms with Gasteiger partial charge in [-0.3, -0.25) is 0 Å². The van der Waals surface area contributed by atoms with Gasteiger partial charge in [0.25, 0.3) is 0 Å². The molecule has 1 aliphatic rings. The van der Waals surface area contributed by atoms with Crippen LogP contribution in [0.4, 0.5) is 0 Å². The van der Waals surface area contributed by atoms with E-state index in [2.05, 4.69) is 13.0 Å². The highest BCUT2D eigenvalue weighted by Gasteiger charge is 2.42. The zero-order valence-corrected chi connectivity index (χ0v) is 10.1. The molecule has 88 valence electrons. The summed E-state index contributed by atoms with van der Waals surface area (Å²) in [6, 6.07) is 6.29. The van der Waals surface area contributed by atoms with Gasteiger partial charge in [-0.2, -0.15) is 0 Å². The fraction of sp³-hybridized carbons (Fsp3) is 0.538. The van der Waals surface area contributed by atoms with Gasteiger partial charge in [0.15, 0.2) is 11.5 Å². The van der Waals surface area contributed by atoms with E-state index in [1.54, 1.807) is 14.2 Å². The molecule has 16 heavy (non-hydrogen) atoms. The predicted molar refractivity (Wildman–Crippen MR) is 64.0 cm³/mol. The molecule has 0 bridgehead atoms.